The second-order valence-electron chi connectivity index (χ2n) is 7.49. The number of hydrogen-bond acceptors (Lipinski definition) is 4. The summed E-state index contributed by atoms with van der Waals surface area (Å²) in [6, 6.07) is 20.9. The molecule has 0 atom stereocenters. The van der Waals surface area contributed by atoms with Crippen molar-refractivity contribution in [1.82, 2.24) is 19.9 Å². The van der Waals surface area contributed by atoms with Gasteiger partial charge in [0.25, 0.3) is 0 Å². The summed E-state index contributed by atoms with van der Waals surface area (Å²) in [4.78, 5) is 16.0. The molecule has 0 radical (unpaired) electrons. The molecule has 2 heterocycles. The molecule has 0 aliphatic rings. The first-order valence-electron chi connectivity index (χ1n) is 10.6. The molecule has 0 aliphatic heterocycles. The third-order valence-corrected chi connectivity index (χ3v) is 7.07. The highest BCUT2D eigenvalue weighted by Crippen LogP contribution is 2.17. The Balaban J connectivity index is 1.08. The first-order chi connectivity index (χ1) is 15.3. The average Bonchev–Trinajstić information content (AvgIpc) is 3.44. The van der Waals surface area contributed by atoms with E-state index in [4.69, 9.17) is 0 Å². The average molecular weight is 449 g/mol. The fraction of sp³-hybridized carbons (Fsp3) is 0.280. The first-order valence-corrected chi connectivity index (χ1v) is 12.9. The van der Waals surface area contributed by atoms with Gasteiger partial charge in [0, 0.05) is 48.1 Å². The molecule has 2 aromatic carbocycles. The number of aromatic amines is 2. The molecule has 4 nitrogen and oxygen atoms in total. The Morgan fingerprint density at radius 2 is 1.06 bits per heavy atom. The predicted molar refractivity (Wildman–Crippen MR) is 133 cm³/mol. The topological polar surface area (TPSA) is 57.4 Å². The quantitative estimate of drug-likeness (QED) is 0.266. The third kappa shape index (κ3) is 7.33. The first kappa shape index (κ1) is 21.8. The fourth-order valence-corrected chi connectivity index (χ4v) is 5.25. The van der Waals surface area contributed by atoms with Crippen molar-refractivity contribution >= 4 is 23.5 Å². The maximum atomic E-state index is 4.52. The van der Waals surface area contributed by atoms with Gasteiger partial charge in [-0.1, -0.05) is 60.7 Å². The monoisotopic (exact) mass is 448 g/mol. The largest absolute Gasteiger partial charge is 0.345 e. The number of H-pyrrole nitrogens is 2. The Kier molecular flexibility index (Phi) is 8.30. The summed E-state index contributed by atoms with van der Waals surface area (Å²) in [7, 11) is 0. The van der Waals surface area contributed by atoms with E-state index in [2.05, 4.69) is 68.5 Å². The molecule has 0 unspecified atom stereocenters. The molecular formula is C25H28N4S2. The molecule has 4 rings (SSSR count). The maximum Gasteiger partial charge on any atom is 0.110 e. The second-order valence-corrected chi connectivity index (χ2v) is 9.70. The second kappa shape index (κ2) is 11.8. The van der Waals surface area contributed by atoms with Crippen LogP contribution in [0.15, 0.2) is 73.1 Å². The number of thioether (sulfide) groups is 2. The molecule has 0 saturated heterocycles. The Morgan fingerprint density at radius 1 is 0.613 bits per heavy atom. The molecule has 0 bridgehead atoms. The lowest BCUT2D eigenvalue weighted by Gasteiger charge is -2.01. The van der Waals surface area contributed by atoms with Crippen LogP contribution in [-0.2, 0) is 24.3 Å². The zero-order chi connectivity index (χ0) is 21.1. The van der Waals surface area contributed by atoms with Crippen LogP contribution in [-0.4, -0.2) is 31.4 Å². The fourth-order valence-electron chi connectivity index (χ4n) is 3.34. The smallest absolute Gasteiger partial charge is 0.110 e. The van der Waals surface area contributed by atoms with Gasteiger partial charge >= 0.3 is 0 Å². The van der Waals surface area contributed by atoms with Gasteiger partial charge in [-0.15, -0.1) is 0 Å². The summed E-state index contributed by atoms with van der Waals surface area (Å²) in [6.07, 6.45) is 6.90. The molecule has 0 saturated carbocycles. The Morgan fingerprint density at radius 3 is 1.52 bits per heavy atom. The molecule has 2 aromatic heterocycles. The molecule has 0 aliphatic carbocycles. The lowest BCUT2D eigenvalue weighted by Crippen LogP contribution is -1.92. The van der Waals surface area contributed by atoms with Gasteiger partial charge in [-0.3, -0.25) is 0 Å². The van der Waals surface area contributed by atoms with Crippen LogP contribution in [0.4, 0.5) is 0 Å². The minimum atomic E-state index is 0.864. The lowest BCUT2D eigenvalue weighted by atomic mass is 10.1. The van der Waals surface area contributed by atoms with Crippen LogP contribution >= 0.6 is 23.5 Å². The number of nitrogens with zero attached hydrogens (tertiary/aromatic N) is 2. The number of rotatable bonds is 12. The minimum Gasteiger partial charge on any atom is -0.345 e. The van der Waals surface area contributed by atoms with Crippen molar-refractivity contribution in [3.63, 3.8) is 0 Å². The Bertz CT molecular complexity index is 944. The van der Waals surface area contributed by atoms with E-state index < -0.39 is 0 Å². The zero-order valence-electron chi connectivity index (χ0n) is 17.6. The van der Waals surface area contributed by atoms with E-state index in [1.807, 2.05) is 48.1 Å². The van der Waals surface area contributed by atoms with E-state index in [1.54, 1.807) is 0 Å². The molecule has 0 amide bonds. The molecule has 2 N–H and O–H groups in total. The van der Waals surface area contributed by atoms with Crippen molar-refractivity contribution in [1.29, 1.82) is 0 Å². The molecular weight excluding hydrogens is 420 g/mol. The van der Waals surface area contributed by atoms with Crippen LogP contribution in [0.3, 0.4) is 0 Å². The van der Waals surface area contributed by atoms with Gasteiger partial charge in [-0.25, -0.2) is 9.97 Å². The van der Waals surface area contributed by atoms with E-state index >= 15 is 0 Å². The molecule has 31 heavy (non-hydrogen) atoms. The van der Waals surface area contributed by atoms with Gasteiger partial charge in [-0.05, 0) is 29.1 Å². The van der Waals surface area contributed by atoms with Crippen LogP contribution in [0, 0.1) is 0 Å². The normalized spacial score (nSPS) is 11.1. The van der Waals surface area contributed by atoms with E-state index in [9.17, 15) is 0 Å². The molecule has 0 spiro atoms. The highest BCUT2D eigenvalue weighted by Gasteiger charge is 2.04. The van der Waals surface area contributed by atoms with Crippen molar-refractivity contribution < 1.29 is 0 Å². The van der Waals surface area contributed by atoms with Gasteiger partial charge in [0.2, 0.25) is 0 Å². The van der Waals surface area contributed by atoms with Crippen LogP contribution < -0.4 is 0 Å². The van der Waals surface area contributed by atoms with Crippen molar-refractivity contribution in [2.75, 3.05) is 11.5 Å². The summed E-state index contributed by atoms with van der Waals surface area (Å²) in [6.45, 7) is 0. The number of nitrogens with one attached hydrogen (secondary N) is 2. The number of imidazole rings is 2. The van der Waals surface area contributed by atoms with Crippen LogP contribution in [0.25, 0.3) is 0 Å². The van der Waals surface area contributed by atoms with Gasteiger partial charge in [-0.2, -0.15) is 23.5 Å². The Labute approximate surface area is 192 Å². The molecule has 160 valence electrons. The highest BCUT2D eigenvalue weighted by molar-refractivity contribution is 7.99. The van der Waals surface area contributed by atoms with Crippen molar-refractivity contribution in [2.45, 2.75) is 30.8 Å². The Hall–Kier alpha value is -2.44. The van der Waals surface area contributed by atoms with Crippen LogP contribution in [0.5, 0.6) is 0 Å². The van der Waals surface area contributed by atoms with Crippen molar-refractivity contribution in [2.24, 2.45) is 0 Å². The number of hydrogen-bond donors (Lipinski definition) is 2. The lowest BCUT2D eigenvalue weighted by molar-refractivity contribution is 1.01. The standard InChI is InChI=1S/C25H28N4S2/c1-3-8-20(9-4-1)14-24-26-16-22(28-24)18-30-12-7-13-31-19-23-17-27-25(29-23)15-21-10-5-2-6-11-21/h1-6,8-11,16-17H,7,12-15,18-19H2,(H,26,28)(H,27,29). The van der Waals surface area contributed by atoms with Gasteiger partial charge in [0.05, 0.1) is 0 Å². The summed E-state index contributed by atoms with van der Waals surface area (Å²) in [5.74, 6) is 6.42. The molecule has 4 aromatic rings. The van der Waals surface area contributed by atoms with Crippen molar-refractivity contribution in [3.05, 3.63) is 107 Å². The van der Waals surface area contributed by atoms with E-state index in [0.29, 0.717) is 0 Å². The number of benzene rings is 2. The molecule has 0 fully saturated rings. The predicted octanol–water partition coefficient (Wildman–Crippen LogP) is 5.87. The summed E-state index contributed by atoms with van der Waals surface area (Å²) in [5, 5.41) is 0. The van der Waals surface area contributed by atoms with Gasteiger partial charge in [0.1, 0.15) is 11.6 Å². The van der Waals surface area contributed by atoms with Gasteiger partial charge in [0.15, 0.2) is 0 Å². The summed E-state index contributed by atoms with van der Waals surface area (Å²) in [5.41, 5.74) is 5.01. The summed E-state index contributed by atoms with van der Waals surface area (Å²) >= 11 is 3.95. The van der Waals surface area contributed by atoms with Gasteiger partial charge < -0.3 is 9.97 Å². The zero-order valence-corrected chi connectivity index (χ0v) is 19.2. The third-order valence-electron chi connectivity index (χ3n) is 4.88. The van der Waals surface area contributed by atoms with Crippen LogP contribution in [0.2, 0.25) is 0 Å². The SMILES string of the molecule is c1ccc(Cc2ncc(CSCCCSCc3cnc(Cc4ccccc4)[nH]3)[nH]2)cc1. The highest BCUT2D eigenvalue weighted by atomic mass is 32.2. The van der Waals surface area contributed by atoms with E-state index in [0.717, 1.165) is 36.0 Å². The van der Waals surface area contributed by atoms with E-state index in [1.165, 1.54) is 40.4 Å². The number of aromatic nitrogens is 4. The van der Waals surface area contributed by atoms with Crippen molar-refractivity contribution in [3.8, 4) is 0 Å². The van der Waals surface area contributed by atoms with E-state index in [-0.39, 0.29) is 0 Å². The summed E-state index contributed by atoms with van der Waals surface area (Å²) < 4.78 is 0. The maximum absolute atomic E-state index is 4.52. The van der Waals surface area contributed by atoms with Crippen LogP contribution in [0.1, 0.15) is 40.6 Å². The molecule has 6 heteroatoms. The minimum absolute atomic E-state index is 0.864.